The molecule has 1 aromatic heterocycles. The number of nitrogens with one attached hydrogen (secondary N) is 3. The van der Waals surface area contributed by atoms with Crippen molar-refractivity contribution in [1.29, 1.82) is 0 Å². The van der Waals surface area contributed by atoms with Crippen molar-refractivity contribution in [2.45, 2.75) is 12.1 Å². The van der Waals surface area contributed by atoms with Crippen LogP contribution in [0.2, 0.25) is 0 Å². The molecule has 0 amide bonds. The normalized spacial score (nSPS) is 15.0. The molecule has 0 bridgehead atoms. The fourth-order valence-corrected chi connectivity index (χ4v) is 1.98. The predicted molar refractivity (Wildman–Crippen MR) is 65.8 cm³/mol. The fraction of sp³-hybridized carbons (Fsp3) is 0.364. The predicted octanol–water partition coefficient (Wildman–Crippen LogP) is -0.564. The van der Waals surface area contributed by atoms with Crippen molar-refractivity contribution in [1.82, 2.24) is 15.3 Å². The second kappa shape index (κ2) is 4.70. The molecule has 6 nitrogen and oxygen atoms in total. The zero-order valence-corrected chi connectivity index (χ0v) is 9.53. The summed E-state index contributed by atoms with van der Waals surface area (Å²) in [6, 6.07) is 5.01. The minimum absolute atomic E-state index is 0.104. The lowest BCUT2D eigenvalue weighted by Gasteiger charge is -2.22. The Bertz CT molecular complexity index is 560. The molecule has 0 aliphatic rings. The summed E-state index contributed by atoms with van der Waals surface area (Å²) in [7, 11) is 1.78. The zero-order valence-electron chi connectivity index (χ0n) is 9.53. The van der Waals surface area contributed by atoms with Gasteiger partial charge >= 0.3 is 5.69 Å². The first-order valence-electron chi connectivity index (χ1n) is 5.41. The molecule has 92 valence electrons. The van der Waals surface area contributed by atoms with Crippen molar-refractivity contribution in [3.8, 4) is 0 Å². The Labute approximate surface area is 97.8 Å². The highest BCUT2D eigenvalue weighted by molar-refractivity contribution is 5.75. The summed E-state index contributed by atoms with van der Waals surface area (Å²) in [6.45, 7) is -0.104. The Morgan fingerprint density at radius 1 is 1.41 bits per heavy atom. The molecule has 0 spiro atoms. The molecular weight excluding hydrogens is 220 g/mol. The molecule has 1 heterocycles. The van der Waals surface area contributed by atoms with Gasteiger partial charge < -0.3 is 26.1 Å². The zero-order chi connectivity index (χ0) is 12.4. The van der Waals surface area contributed by atoms with Crippen molar-refractivity contribution in [2.75, 3.05) is 13.7 Å². The van der Waals surface area contributed by atoms with E-state index >= 15 is 0 Å². The molecule has 0 radical (unpaired) electrons. The number of aromatic amines is 2. The van der Waals surface area contributed by atoms with Gasteiger partial charge in [-0.2, -0.15) is 0 Å². The smallest absolute Gasteiger partial charge is 0.323 e. The molecule has 2 unspecified atom stereocenters. The summed E-state index contributed by atoms with van der Waals surface area (Å²) in [5, 5.41) is 12.1. The average Bonchev–Trinajstić information content (AvgIpc) is 2.69. The van der Waals surface area contributed by atoms with Gasteiger partial charge in [0.1, 0.15) is 0 Å². The van der Waals surface area contributed by atoms with Gasteiger partial charge in [0, 0.05) is 12.1 Å². The van der Waals surface area contributed by atoms with Crippen molar-refractivity contribution in [3.63, 3.8) is 0 Å². The maximum atomic E-state index is 11.1. The fourth-order valence-electron chi connectivity index (χ4n) is 1.98. The van der Waals surface area contributed by atoms with Gasteiger partial charge in [-0.25, -0.2) is 4.79 Å². The number of aliphatic hydroxyl groups excluding tert-OH is 1. The first kappa shape index (κ1) is 11.8. The standard InChI is InChI=1S/C11H16N4O2/c1-13-10(7(12)5-16)6-2-3-8-9(4-6)15-11(17)14-8/h2-4,7,10,13,16H,5,12H2,1H3,(H2,14,15,17). The number of nitrogens with two attached hydrogens (primary N) is 1. The number of likely N-dealkylation sites (N-methyl/N-ethyl adjacent to an activating group) is 1. The summed E-state index contributed by atoms with van der Waals surface area (Å²) < 4.78 is 0. The van der Waals surface area contributed by atoms with E-state index in [1.165, 1.54) is 0 Å². The van der Waals surface area contributed by atoms with Crippen molar-refractivity contribution < 1.29 is 5.11 Å². The third-order valence-electron chi connectivity index (χ3n) is 2.85. The summed E-state index contributed by atoms with van der Waals surface area (Å²) in [5.74, 6) is 0. The van der Waals surface area contributed by atoms with Gasteiger partial charge in [-0.15, -0.1) is 0 Å². The van der Waals surface area contributed by atoms with Crippen LogP contribution in [0.5, 0.6) is 0 Å². The molecule has 6 N–H and O–H groups in total. The molecule has 17 heavy (non-hydrogen) atoms. The number of rotatable bonds is 4. The second-order valence-electron chi connectivity index (χ2n) is 4.00. The molecular formula is C11H16N4O2. The van der Waals surface area contributed by atoms with Gasteiger partial charge in [-0.3, -0.25) is 0 Å². The second-order valence-corrected chi connectivity index (χ2v) is 4.00. The van der Waals surface area contributed by atoms with E-state index in [1.54, 1.807) is 7.05 Å². The van der Waals surface area contributed by atoms with Gasteiger partial charge in [0.2, 0.25) is 0 Å². The van der Waals surface area contributed by atoms with E-state index in [-0.39, 0.29) is 24.4 Å². The van der Waals surface area contributed by atoms with Gasteiger partial charge in [-0.05, 0) is 24.7 Å². The molecule has 1 aromatic carbocycles. The van der Waals surface area contributed by atoms with Crippen LogP contribution in [-0.4, -0.2) is 34.8 Å². The third-order valence-corrected chi connectivity index (χ3v) is 2.85. The van der Waals surface area contributed by atoms with E-state index in [9.17, 15) is 4.79 Å². The maximum absolute atomic E-state index is 11.1. The lowest BCUT2D eigenvalue weighted by molar-refractivity contribution is 0.240. The molecule has 0 aliphatic heterocycles. The van der Waals surface area contributed by atoms with E-state index in [0.29, 0.717) is 0 Å². The van der Waals surface area contributed by atoms with Gasteiger partial charge in [-0.1, -0.05) is 6.07 Å². The van der Waals surface area contributed by atoms with Crippen LogP contribution in [0.15, 0.2) is 23.0 Å². The van der Waals surface area contributed by atoms with Crippen LogP contribution >= 0.6 is 0 Å². The highest BCUT2D eigenvalue weighted by Crippen LogP contribution is 2.19. The van der Waals surface area contributed by atoms with Crippen molar-refractivity contribution in [2.24, 2.45) is 5.73 Å². The molecule has 0 saturated heterocycles. The Hall–Kier alpha value is -1.63. The highest BCUT2D eigenvalue weighted by atomic mass is 16.3. The summed E-state index contributed by atoms with van der Waals surface area (Å²) in [4.78, 5) is 16.5. The van der Waals surface area contributed by atoms with Crippen molar-refractivity contribution in [3.05, 3.63) is 34.2 Å². The van der Waals surface area contributed by atoms with Crippen LogP contribution in [0.25, 0.3) is 11.0 Å². The first-order valence-corrected chi connectivity index (χ1v) is 5.41. The molecule has 0 fully saturated rings. The van der Waals surface area contributed by atoms with Gasteiger partial charge in [0.25, 0.3) is 0 Å². The largest absolute Gasteiger partial charge is 0.395 e. The summed E-state index contributed by atoms with van der Waals surface area (Å²) in [5.41, 5.74) is 8.00. The van der Waals surface area contributed by atoms with Gasteiger partial charge in [0.05, 0.1) is 17.6 Å². The minimum Gasteiger partial charge on any atom is -0.395 e. The van der Waals surface area contributed by atoms with E-state index in [1.807, 2.05) is 18.2 Å². The van der Waals surface area contributed by atoms with Crippen LogP contribution in [0, 0.1) is 0 Å². The van der Waals surface area contributed by atoms with E-state index in [4.69, 9.17) is 10.8 Å². The number of benzene rings is 1. The number of aliphatic hydroxyl groups is 1. The Morgan fingerprint density at radius 2 is 2.12 bits per heavy atom. The quantitative estimate of drug-likeness (QED) is 0.490. The minimum atomic E-state index is -0.386. The number of hydrogen-bond donors (Lipinski definition) is 5. The SMILES string of the molecule is CNC(c1ccc2[nH]c(=O)[nH]c2c1)C(N)CO. The lowest BCUT2D eigenvalue weighted by Crippen LogP contribution is -2.38. The van der Waals surface area contributed by atoms with E-state index in [0.717, 1.165) is 16.6 Å². The Kier molecular flexibility index (Phi) is 3.28. The molecule has 6 heteroatoms. The summed E-state index contributed by atoms with van der Waals surface area (Å²) in [6.07, 6.45) is 0. The number of imidazole rings is 1. The Morgan fingerprint density at radius 3 is 2.76 bits per heavy atom. The summed E-state index contributed by atoms with van der Waals surface area (Å²) >= 11 is 0. The molecule has 0 saturated carbocycles. The average molecular weight is 236 g/mol. The van der Waals surface area contributed by atoms with Crippen LogP contribution < -0.4 is 16.7 Å². The number of H-pyrrole nitrogens is 2. The van der Waals surface area contributed by atoms with Crippen LogP contribution in [0.3, 0.4) is 0 Å². The number of hydrogen-bond acceptors (Lipinski definition) is 4. The monoisotopic (exact) mass is 236 g/mol. The molecule has 0 aliphatic carbocycles. The topological polar surface area (TPSA) is 107 Å². The number of fused-ring (bicyclic) bond motifs is 1. The molecule has 2 rings (SSSR count). The highest BCUT2D eigenvalue weighted by Gasteiger charge is 2.17. The van der Waals surface area contributed by atoms with E-state index in [2.05, 4.69) is 15.3 Å². The number of aromatic nitrogens is 2. The van der Waals surface area contributed by atoms with Gasteiger partial charge in [0.15, 0.2) is 0 Å². The third kappa shape index (κ3) is 2.23. The first-order chi connectivity index (χ1) is 8.15. The lowest BCUT2D eigenvalue weighted by atomic mass is 10.00. The van der Waals surface area contributed by atoms with E-state index < -0.39 is 0 Å². The maximum Gasteiger partial charge on any atom is 0.323 e. The molecule has 2 aromatic rings. The van der Waals surface area contributed by atoms with Crippen molar-refractivity contribution >= 4 is 11.0 Å². The van der Waals surface area contributed by atoms with Crippen LogP contribution in [0.4, 0.5) is 0 Å². The molecule has 2 atom stereocenters. The van der Waals surface area contributed by atoms with Crippen LogP contribution in [-0.2, 0) is 0 Å². The van der Waals surface area contributed by atoms with Crippen LogP contribution in [0.1, 0.15) is 11.6 Å². The Balaban J connectivity index is 2.43.